The number of carbonyl (C=O) groups is 1. The van der Waals surface area contributed by atoms with E-state index >= 15 is 0 Å². The number of halogens is 1. The average Bonchev–Trinajstić information content (AvgIpc) is 2.26. The summed E-state index contributed by atoms with van der Waals surface area (Å²) in [6, 6.07) is 1.41. The van der Waals surface area contributed by atoms with Crippen LogP contribution in [0, 0.1) is 5.82 Å². The Balaban J connectivity index is 3.36. The smallest absolute Gasteiger partial charge is 0.325 e. The largest absolute Gasteiger partial charge is 0.496 e. The third-order valence-corrected chi connectivity index (χ3v) is 2.57. The van der Waals surface area contributed by atoms with Crippen molar-refractivity contribution in [1.29, 1.82) is 0 Å². The van der Waals surface area contributed by atoms with E-state index < -0.39 is 17.8 Å². The van der Waals surface area contributed by atoms with Crippen LogP contribution < -0.4 is 10.5 Å². The second kappa shape index (κ2) is 5.14. The van der Waals surface area contributed by atoms with Gasteiger partial charge in [-0.3, -0.25) is 4.79 Å². The van der Waals surface area contributed by atoms with Gasteiger partial charge in [-0.2, -0.15) is 0 Å². The molecule has 0 saturated heterocycles. The predicted molar refractivity (Wildman–Crippen MR) is 61.6 cm³/mol. The molecule has 0 fully saturated rings. The normalized spacial score (nSPS) is 12.6. The fraction of sp³-hybridized carbons (Fsp3) is 0.417. The van der Waals surface area contributed by atoms with Gasteiger partial charge in [0.05, 0.1) is 7.11 Å². The highest BCUT2D eigenvalue weighted by Gasteiger charge is 2.22. The van der Waals surface area contributed by atoms with E-state index in [2.05, 4.69) is 0 Å². The van der Waals surface area contributed by atoms with Crippen molar-refractivity contribution in [2.45, 2.75) is 25.8 Å². The van der Waals surface area contributed by atoms with Crippen molar-refractivity contribution in [2.24, 2.45) is 5.73 Å². The molecule has 0 aliphatic carbocycles. The molecule has 1 rings (SSSR count). The van der Waals surface area contributed by atoms with Crippen molar-refractivity contribution in [1.82, 2.24) is 0 Å². The number of hydrogen-bond acceptors (Lipinski definition) is 3. The van der Waals surface area contributed by atoms with Crippen LogP contribution >= 0.6 is 0 Å². The summed E-state index contributed by atoms with van der Waals surface area (Å²) in [4.78, 5) is 10.9. The zero-order valence-corrected chi connectivity index (χ0v) is 10.0. The molecule has 0 aliphatic rings. The van der Waals surface area contributed by atoms with Crippen molar-refractivity contribution in [3.63, 3.8) is 0 Å². The summed E-state index contributed by atoms with van der Waals surface area (Å²) in [5, 5.41) is 8.88. The van der Waals surface area contributed by atoms with E-state index in [4.69, 9.17) is 15.6 Å². The SMILES string of the molecule is COc1cc(F)c(C(C)C)cc1C(N)C(=O)O. The first kappa shape index (κ1) is 13.4. The summed E-state index contributed by atoms with van der Waals surface area (Å²) in [5.74, 6) is -1.50. The second-order valence-corrected chi connectivity index (χ2v) is 4.09. The molecule has 17 heavy (non-hydrogen) atoms. The molecule has 0 saturated carbocycles. The first-order valence-electron chi connectivity index (χ1n) is 5.24. The summed E-state index contributed by atoms with van der Waals surface area (Å²) in [7, 11) is 1.35. The highest BCUT2D eigenvalue weighted by atomic mass is 19.1. The lowest BCUT2D eigenvalue weighted by atomic mass is 9.96. The number of carboxylic acids is 1. The van der Waals surface area contributed by atoms with Crippen LogP contribution in [0.25, 0.3) is 0 Å². The van der Waals surface area contributed by atoms with E-state index in [1.54, 1.807) is 0 Å². The summed E-state index contributed by atoms with van der Waals surface area (Å²) in [6.45, 7) is 3.64. The Hall–Kier alpha value is -1.62. The average molecular weight is 241 g/mol. The number of benzene rings is 1. The van der Waals surface area contributed by atoms with E-state index in [1.807, 2.05) is 13.8 Å². The maximum absolute atomic E-state index is 13.7. The van der Waals surface area contributed by atoms with Gasteiger partial charge in [-0.1, -0.05) is 13.8 Å². The van der Waals surface area contributed by atoms with Crippen LogP contribution in [0.15, 0.2) is 12.1 Å². The number of ether oxygens (including phenoxy) is 1. The van der Waals surface area contributed by atoms with Crippen molar-refractivity contribution < 1.29 is 19.0 Å². The van der Waals surface area contributed by atoms with E-state index in [0.29, 0.717) is 5.56 Å². The highest BCUT2D eigenvalue weighted by Crippen LogP contribution is 2.30. The highest BCUT2D eigenvalue weighted by molar-refractivity contribution is 5.76. The minimum absolute atomic E-state index is 0.0550. The lowest BCUT2D eigenvalue weighted by Crippen LogP contribution is -2.21. The van der Waals surface area contributed by atoms with Crippen LogP contribution in [0.4, 0.5) is 4.39 Å². The van der Waals surface area contributed by atoms with Crippen molar-refractivity contribution in [3.05, 3.63) is 29.1 Å². The van der Waals surface area contributed by atoms with E-state index in [9.17, 15) is 9.18 Å². The minimum Gasteiger partial charge on any atom is -0.496 e. The van der Waals surface area contributed by atoms with Gasteiger partial charge in [0.25, 0.3) is 0 Å². The summed E-state index contributed by atoms with van der Waals surface area (Å²) in [6.07, 6.45) is 0. The van der Waals surface area contributed by atoms with E-state index in [-0.39, 0.29) is 17.2 Å². The number of aliphatic carboxylic acids is 1. The molecule has 0 amide bonds. The summed E-state index contributed by atoms with van der Waals surface area (Å²) < 4.78 is 18.6. The molecule has 3 N–H and O–H groups in total. The molecular weight excluding hydrogens is 225 g/mol. The maximum Gasteiger partial charge on any atom is 0.325 e. The molecule has 94 valence electrons. The van der Waals surface area contributed by atoms with Crippen molar-refractivity contribution >= 4 is 5.97 Å². The molecule has 0 aliphatic heterocycles. The van der Waals surface area contributed by atoms with Gasteiger partial charge in [0, 0.05) is 11.6 Å². The Morgan fingerprint density at radius 3 is 2.41 bits per heavy atom. The van der Waals surface area contributed by atoms with Gasteiger partial charge in [0.15, 0.2) is 0 Å². The molecule has 0 radical (unpaired) electrons. The monoisotopic (exact) mass is 241 g/mol. The predicted octanol–water partition coefficient (Wildman–Crippen LogP) is 2.04. The second-order valence-electron chi connectivity index (χ2n) is 4.09. The van der Waals surface area contributed by atoms with Crippen molar-refractivity contribution in [3.8, 4) is 5.75 Å². The van der Waals surface area contributed by atoms with Crippen LogP contribution in [-0.2, 0) is 4.79 Å². The number of carboxylic acid groups (broad SMARTS) is 1. The lowest BCUT2D eigenvalue weighted by Gasteiger charge is -2.16. The van der Waals surface area contributed by atoms with Crippen LogP contribution in [0.1, 0.15) is 36.9 Å². The van der Waals surface area contributed by atoms with E-state index in [0.717, 1.165) is 0 Å². The zero-order chi connectivity index (χ0) is 13.2. The number of methoxy groups -OCH3 is 1. The molecule has 0 heterocycles. The first-order chi connectivity index (χ1) is 7.88. The van der Waals surface area contributed by atoms with Gasteiger partial charge < -0.3 is 15.6 Å². The molecular formula is C12H16FNO3. The Kier molecular flexibility index (Phi) is 4.07. The fourth-order valence-electron chi connectivity index (χ4n) is 1.58. The number of rotatable bonds is 4. The molecule has 5 heteroatoms. The first-order valence-corrected chi connectivity index (χ1v) is 5.24. The lowest BCUT2D eigenvalue weighted by molar-refractivity contribution is -0.138. The Morgan fingerprint density at radius 2 is 2.00 bits per heavy atom. The molecule has 0 aromatic heterocycles. The molecule has 0 bridgehead atoms. The van der Waals surface area contributed by atoms with Crippen LogP contribution in [-0.4, -0.2) is 18.2 Å². The van der Waals surface area contributed by atoms with Crippen LogP contribution in [0.5, 0.6) is 5.75 Å². The van der Waals surface area contributed by atoms with Gasteiger partial charge in [-0.05, 0) is 17.5 Å². The molecule has 1 aromatic rings. The van der Waals surface area contributed by atoms with E-state index in [1.165, 1.54) is 19.2 Å². The van der Waals surface area contributed by atoms with Crippen molar-refractivity contribution in [2.75, 3.05) is 7.11 Å². The topological polar surface area (TPSA) is 72.5 Å². The third-order valence-electron chi connectivity index (χ3n) is 2.57. The van der Waals surface area contributed by atoms with Crippen LogP contribution in [0.3, 0.4) is 0 Å². The zero-order valence-electron chi connectivity index (χ0n) is 10.0. The van der Waals surface area contributed by atoms with Gasteiger partial charge >= 0.3 is 5.97 Å². The minimum atomic E-state index is -1.22. The molecule has 1 aromatic carbocycles. The van der Waals surface area contributed by atoms with Crippen LogP contribution in [0.2, 0.25) is 0 Å². The maximum atomic E-state index is 13.7. The quantitative estimate of drug-likeness (QED) is 0.846. The number of nitrogens with two attached hydrogens (primary N) is 1. The molecule has 4 nitrogen and oxygen atoms in total. The molecule has 0 spiro atoms. The van der Waals surface area contributed by atoms with Gasteiger partial charge in [0.1, 0.15) is 17.6 Å². The molecule has 1 atom stereocenters. The fourth-order valence-corrected chi connectivity index (χ4v) is 1.58. The summed E-state index contributed by atoms with van der Waals surface area (Å²) >= 11 is 0. The third kappa shape index (κ3) is 2.74. The Labute approximate surface area is 99.2 Å². The Bertz CT molecular complexity index is 432. The Morgan fingerprint density at radius 1 is 1.41 bits per heavy atom. The summed E-state index contributed by atoms with van der Waals surface area (Å²) in [5.41, 5.74) is 6.24. The molecule has 1 unspecified atom stereocenters. The standard InChI is InChI=1S/C12H16FNO3/c1-6(2)7-4-8(11(14)12(15)16)10(17-3)5-9(7)13/h4-6,11H,14H2,1-3H3,(H,15,16). The van der Waals surface area contributed by atoms with Gasteiger partial charge in [0.2, 0.25) is 0 Å². The van der Waals surface area contributed by atoms with Gasteiger partial charge in [-0.25, -0.2) is 4.39 Å². The number of hydrogen-bond donors (Lipinski definition) is 2. The van der Waals surface area contributed by atoms with Gasteiger partial charge in [-0.15, -0.1) is 0 Å².